The minimum Gasteiger partial charge on any atom is -0.350 e. The summed E-state index contributed by atoms with van der Waals surface area (Å²) in [5, 5.41) is 4.57. The van der Waals surface area contributed by atoms with Crippen LogP contribution >= 0.6 is 11.3 Å². The van der Waals surface area contributed by atoms with Gasteiger partial charge in [-0.05, 0) is 36.7 Å². The van der Waals surface area contributed by atoms with Gasteiger partial charge in [0.25, 0.3) is 5.91 Å². The highest BCUT2D eigenvalue weighted by molar-refractivity contribution is 7.10. The molecule has 2 rings (SSSR count). The van der Waals surface area contributed by atoms with Crippen molar-refractivity contribution in [1.29, 1.82) is 0 Å². The lowest BCUT2D eigenvalue weighted by molar-refractivity contribution is 0.0930. The van der Waals surface area contributed by atoms with E-state index in [-0.39, 0.29) is 12.6 Å². The maximum Gasteiger partial charge on any atom is 0.254 e. The van der Waals surface area contributed by atoms with Crippen molar-refractivity contribution in [2.45, 2.75) is 19.9 Å². The van der Waals surface area contributed by atoms with Crippen LogP contribution in [0.4, 0.5) is 13.2 Å². The molecule has 1 atom stereocenters. The maximum absolute atomic E-state index is 13.7. The first-order valence-corrected chi connectivity index (χ1v) is 8.56. The molecule has 0 saturated carbocycles. The van der Waals surface area contributed by atoms with Crippen LogP contribution in [0.15, 0.2) is 29.6 Å². The van der Waals surface area contributed by atoms with Crippen LogP contribution in [0, 0.1) is 17.5 Å². The normalized spacial score (nSPS) is 12.4. The molecule has 130 valence electrons. The average Bonchev–Trinajstić information content (AvgIpc) is 3.10. The quantitative estimate of drug-likeness (QED) is 0.761. The van der Waals surface area contributed by atoms with Crippen molar-refractivity contribution in [3.63, 3.8) is 0 Å². The number of hydrogen-bond acceptors (Lipinski definition) is 3. The number of carbonyl (C=O) groups excluding carboxylic acids is 1. The van der Waals surface area contributed by atoms with Crippen LogP contribution in [0.3, 0.4) is 0 Å². The molecule has 2 aromatic rings. The number of halogens is 3. The van der Waals surface area contributed by atoms with E-state index in [4.69, 9.17) is 0 Å². The molecular formula is C17H19F3N2OS. The van der Waals surface area contributed by atoms with Crippen molar-refractivity contribution < 1.29 is 18.0 Å². The SMILES string of the molecule is CCN(CC)C(CNC(=O)c1ccc(F)c(F)c1F)c1cccs1. The Labute approximate surface area is 143 Å². The van der Waals surface area contributed by atoms with E-state index in [1.165, 1.54) is 0 Å². The predicted molar refractivity (Wildman–Crippen MR) is 88.6 cm³/mol. The molecule has 1 unspecified atom stereocenters. The van der Waals surface area contributed by atoms with Crippen molar-refractivity contribution in [1.82, 2.24) is 10.2 Å². The van der Waals surface area contributed by atoms with E-state index in [1.807, 2.05) is 31.4 Å². The largest absolute Gasteiger partial charge is 0.350 e. The van der Waals surface area contributed by atoms with E-state index < -0.39 is 28.9 Å². The topological polar surface area (TPSA) is 32.3 Å². The van der Waals surface area contributed by atoms with Crippen LogP contribution in [0.1, 0.15) is 35.1 Å². The monoisotopic (exact) mass is 356 g/mol. The third-order valence-electron chi connectivity index (χ3n) is 3.86. The van der Waals surface area contributed by atoms with Gasteiger partial charge in [0.15, 0.2) is 17.5 Å². The second-order valence-electron chi connectivity index (χ2n) is 5.19. The highest BCUT2D eigenvalue weighted by Gasteiger charge is 2.22. The summed E-state index contributed by atoms with van der Waals surface area (Å²) >= 11 is 1.57. The molecule has 0 aliphatic carbocycles. The Morgan fingerprint density at radius 1 is 1.17 bits per heavy atom. The minimum atomic E-state index is -1.64. The molecular weight excluding hydrogens is 337 g/mol. The molecule has 3 nitrogen and oxygen atoms in total. The fraction of sp³-hybridized carbons (Fsp3) is 0.353. The van der Waals surface area contributed by atoms with Gasteiger partial charge in [-0.25, -0.2) is 13.2 Å². The van der Waals surface area contributed by atoms with Crippen molar-refractivity contribution in [2.75, 3.05) is 19.6 Å². The van der Waals surface area contributed by atoms with E-state index in [0.29, 0.717) is 0 Å². The number of carbonyl (C=O) groups is 1. The Bertz CT molecular complexity index is 687. The van der Waals surface area contributed by atoms with Crippen molar-refractivity contribution >= 4 is 17.2 Å². The van der Waals surface area contributed by atoms with Crippen LogP contribution < -0.4 is 5.32 Å². The fourth-order valence-electron chi connectivity index (χ4n) is 2.54. The van der Waals surface area contributed by atoms with Gasteiger partial charge in [0.1, 0.15) is 0 Å². The Balaban J connectivity index is 2.14. The Hall–Kier alpha value is -1.86. The molecule has 1 aromatic heterocycles. The van der Waals surface area contributed by atoms with Gasteiger partial charge in [-0.3, -0.25) is 9.69 Å². The highest BCUT2D eigenvalue weighted by atomic mass is 32.1. The fourth-order valence-corrected chi connectivity index (χ4v) is 3.40. The van der Waals surface area contributed by atoms with E-state index in [0.717, 1.165) is 30.1 Å². The van der Waals surface area contributed by atoms with Gasteiger partial charge < -0.3 is 5.32 Å². The number of rotatable bonds is 7. The summed E-state index contributed by atoms with van der Waals surface area (Å²) in [6.45, 7) is 5.85. The van der Waals surface area contributed by atoms with E-state index >= 15 is 0 Å². The molecule has 7 heteroatoms. The summed E-state index contributed by atoms with van der Waals surface area (Å²) < 4.78 is 40.0. The number of thiophene rings is 1. The molecule has 1 amide bonds. The second-order valence-corrected chi connectivity index (χ2v) is 6.16. The summed E-state index contributed by atoms with van der Waals surface area (Å²) in [5.41, 5.74) is -0.502. The number of nitrogens with one attached hydrogen (secondary N) is 1. The molecule has 0 fully saturated rings. The van der Waals surface area contributed by atoms with Crippen LogP contribution in [-0.2, 0) is 0 Å². The summed E-state index contributed by atoms with van der Waals surface area (Å²) in [7, 11) is 0. The number of benzene rings is 1. The first-order valence-electron chi connectivity index (χ1n) is 7.68. The molecule has 1 aromatic carbocycles. The molecule has 0 bridgehead atoms. The summed E-state index contributed by atoms with van der Waals surface area (Å²) in [6.07, 6.45) is 0. The molecule has 0 spiro atoms. The average molecular weight is 356 g/mol. The van der Waals surface area contributed by atoms with Crippen LogP contribution in [0.25, 0.3) is 0 Å². The first kappa shape index (κ1) is 18.5. The van der Waals surface area contributed by atoms with Gasteiger partial charge in [-0.1, -0.05) is 19.9 Å². The third kappa shape index (κ3) is 3.96. The van der Waals surface area contributed by atoms with E-state index in [9.17, 15) is 18.0 Å². The molecule has 0 aliphatic heterocycles. The lowest BCUT2D eigenvalue weighted by Gasteiger charge is -2.29. The molecule has 0 radical (unpaired) electrons. The van der Waals surface area contributed by atoms with Gasteiger partial charge in [0.2, 0.25) is 0 Å². The first-order chi connectivity index (χ1) is 11.5. The van der Waals surface area contributed by atoms with Gasteiger partial charge >= 0.3 is 0 Å². The zero-order valence-electron chi connectivity index (χ0n) is 13.5. The molecule has 0 saturated heterocycles. The summed E-state index contributed by atoms with van der Waals surface area (Å²) in [6, 6.07) is 5.53. The zero-order valence-corrected chi connectivity index (χ0v) is 14.3. The molecule has 1 heterocycles. The zero-order chi connectivity index (χ0) is 17.7. The van der Waals surface area contributed by atoms with Gasteiger partial charge in [-0.15, -0.1) is 11.3 Å². The summed E-state index contributed by atoms with van der Waals surface area (Å²) in [5.74, 6) is -5.19. The second kappa shape index (κ2) is 8.30. The smallest absolute Gasteiger partial charge is 0.254 e. The number of likely N-dealkylation sites (N-methyl/N-ethyl adjacent to an activating group) is 1. The molecule has 0 aliphatic rings. The Morgan fingerprint density at radius 2 is 1.88 bits per heavy atom. The van der Waals surface area contributed by atoms with Crippen molar-refractivity contribution in [2.24, 2.45) is 0 Å². The summed E-state index contributed by atoms with van der Waals surface area (Å²) in [4.78, 5) is 15.4. The Kier molecular flexibility index (Phi) is 6.39. The van der Waals surface area contributed by atoms with Crippen molar-refractivity contribution in [3.8, 4) is 0 Å². The predicted octanol–water partition coefficient (Wildman–Crippen LogP) is 3.98. The minimum absolute atomic E-state index is 0.0580. The number of amides is 1. The standard InChI is InChI=1S/C17H19F3N2OS/c1-3-22(4-2)13(14-6-5-9-24-14)10-21-17(23)11-7-8-12(18)16(20)15(11)19/h5-9,13H,3-4,10H2,1-2H3,(H,21,23). The van der Waals surface area contributed by atoms with Crippen molar-refractivity contribution in [3.05, 3.63) is 57.5 Å². The van der Waals surface area contributed by atoms with Crippen LogP contribution in [-0.4, -0.2) is 30.4 Å². The third-order valence-corrected chi connectivity index (χ3v) is 4.83. The lowest BCUT2D eigenvalue weighted by Crippen LogP contribution is -2.38. The lowest BCUT2D eigenvalue weighted by atomic mass is 10.1. The van der Waals surface area contributed by atoms with Crippen LogP contribution in [0.5, 0.6) is 0 Å². The maximum atomic E-state index is 13.7. The van der Waals surface area contributed by atoms with Gasteiger partial charge in [0.05, 0.1) is 11.6 Å². The Morgan fingerprint density at radius 3 is 2.46 bits per heavy atom. The van der Waals surface area contributed by atoms with E-state index in [2.05, 4.69) is 10.2 Å². The number of hydrogen-bond donors (Lipinski definition) is 1. The van der Waals surface area contributed by atoms with Crippen LogP contribution in [0.2, 0.25) is 0 Å². The van der Waals surface area contributed by atoms with Gasteiger partial charge in [0, 0.05) is 11.4 Å². The molecule has 1 N–H and O–H groups in total. The molecule has 24 heavy (non-hydrogen) atoms. The van der Waals surface area contributed by atoms with E-state index in [1.54, 1.807) is 11.3 Å². The highest BCUT2D eigenvalue weighted by Crippen LogP contribution is 2.24. The number of nitrogens with zero attached hydrogens (tertiary/aromatic N) is 1. The van der Waals surface area contributed by atoms with Gasteiger partial charge in [-0.2, -0.15) is 0 Å².